The minimum atomic E-state index is -0.710. The van der Waals surface area contributed by atoms with Crippen LogP contribution in [0.2, 0.25) is 0 Å². The smallest absolute Gasteiger partial charge is 0.144 e. The van der Waals surface area contributed by atoms with Crippen LogP contribution < -0.4 is 0 Å². The minimum Gasteiger partial charge on any atom is -0.205 e. The number of hydrogen-bond donors (Lipinski definition) is 0. The first kappa shape index (κ1) is 19.6. The van der Waals surface area contributed by atoms with E-state index in [1.165, 1.54) is 63.5 Å². The molecule has 1 nitrogen and oxygen atoms in total. The van der Waals surface area contributed by atoms with Gasteiger partial charge in [0.15, 0.2) is 0 Å². The molecule has 3 aliphatic carbocycles. The van der Waals surface area contributed by atoms with E-state index in [1.54, 1.807) is 6.07 Å². The standard InChI is InChI=1S/C25H31F2N/c1-2-16-3-5-17(6-4-16)18-7-8-20-12-21(10-9-19(20)11-18)22-13-24(26)23(15-28)25(27)14-22/h2,13-14,16-21H,1,3-12H2/t16?,17?,18?,19-,20-,21-/m1/s1. The van der Waals surface area contributed by atoms with Crippen LogP contribution in [0.15, 0.2) is 24.8 Å². The lowest BCUT2D eigenvalue weighted by molar-refractivity contribution is 0.0747. The summed E-state index contributed by atoms with van der Waals surface area (Å²) in [5.41, 5.74) is 0.293. The van der Waals surface area contributed by atoms with Crippen LogP contribution in [0, 0.1) is 52.6 Å². The number of nitriles is 1. The van der Waals surface area contributed by atoms with Crippen LogP contribution in [0.4, 0.5) is 8.78 Å². The molecule has 0 aliphatic heterocycles. The summed E-state index contributed by atoms with van der Waals surface area (Å²) in [4.78, 5) is 0. The lowest BCUT2D eigenvalue weighted by Crippen LogP contribution is -2.34. The molecule has 3 fully saturated rings. The molecule has 28 heavy (non-hydrogen) atoms. The van der Waals surface area contributed by atoms with Gasteiger partial charge in [-0.25, -0.2) is 8.78 Å². The molecule has 3 heteroatoms. The molecule has 0 N–H and O–H groups in total. The van der Waals surface area contributed by atoms with Crippen molar-refractivity contribution in [1.82, 2.24) is 0 Å². The predicted octanol–water partition coefficient (Wildman–Crippen LogP) is 7.13. The van der Waals surface area contributed by atoms with E-state index in [-0.39, 0.29) is 5.92 Å². The maximum absolute atomic E-state index is 14.0. The summed E-state index contributed by atoms with van der Waals surface area (Å²) in [5, 5.41) is 8.88. The Morgan fingerprint density at radius 1 is 0.821 bits per heavy atom. The summed E-state index contributed by atoms with van der Waals surface area (Å²) < 4.78 is 28.1. The third-order valence-electron chi connectivity index (χ3n) is 8.12. The highest BCUT2D eigenvalue weighted by atomic mass is 19.1. The van der Waals surface area contributed by atoms with Gasteiger partial charge in [0.25, 0.3) is 0 Å². The Kier molecular flexibility index (Phi) is 5.85. The van der Waals surface area contributed by atoms with Gasteiger partial charge in [-0.2, -0.15) is 5.26 Å². The second-order valence-corrected chi connectivity index (χ2v) is 9.49. The van der Waals surface area contributed by atoms with Gasteiger partial charge in [-0.3, -0.25) is 0 Å². The molecule has 3 saturated carbocycles. The van der Waals surface area contributed by atoms with Crippen LogP contribution >= 0.6 is 0 Å². The highest BCUT2D eigenvalue weighted by Crippen LogP contribution is 2.51. The lowest BCUT2D eigenvalue weighted by atomic mass is 9.60. The van der Waals surface area contributed by atoms with Gasteiger partial charge in [0.05, 0.1) is 0 Å². The highest BCUT2D eigenvalue weighted by molar-refractivity contribution is 5.36. The van der Waals surface area contributed by atoms with Gasteiger partial charge >= 0.3 is 0 Å². The van der Waals surface area contributed by atoms with Crippen LogP contribution in [0.5, 0.6) is 0 Å². The molecule has 1 aromatic carbocycles. The lowest BCUT2D eigenvalue weighted by Gasteiger charge is -2.45. The van der Waals surface area contributed by atoms with Crippen molar-refractivity contribution < 1.29 is 8.78 Å². The Morgan fingerprint density at radius 3 is 1.96 bits per heavy atom. The number of benzene rings is 1. The topological polar surface area (TPSA) is 23.8 Å². The average Bonchev–Trinajstić information content (AvgIpc) is 2.73. The zero-order valence-electron chi connectivity index (χ0n) is 16.7. The zero-order valence-corrected chi connectivity index (χ0v) is 16.7. The van der Waals surface area contributed by atoms with Gasteiger partial charge in [0, 0.05) is 0 Å². The fourth-order valence-electron chi connectivity index (χ4n) is 6.44. The number of fused-ring (bicyclic) bond motifs is 1. The van der Waals surface area contributed by atoms with Crippen molar-refractivity contribution in [3.8, 4) is 6.07 Å². The molecule has 1 unspecified atom stereocenters. The third kappa shape index (κ3) is 3.88. The minimum absolute atomic E-state index is 0.234. The summed E-state index contributed by atoms with van der Waals surface area (Å²) in [6.07, 6.45) is 14.7. The largest absolute Gasteiger partial charge is 0.205 e. The first-order valence-corrected chi connectivity index (χ1v) is 11.1. The van der Waals surface area contributed by atoms with E-state index < -0.39 is 17.2 Å². The van der Waals surface area contributed by atoms with Crippen molar-refractivity contribution in [3.05, 3.63) is 47.5 Å². The average molecular weight is 384 g/mol. The maximum atomic E-state index is 14.0. The first-order valence-electron chi connectivity index (χ1n) is 11.1. The molecule has 0 radical (unpaired) electrons. The first-order chi connectivity index (χ1) is 13.6. The maximum Gasteiger partial charge on any atom is 0.144 e. The van der Waals surface area contributed by atoms with Gasteiger partial charge in [-0.05, 0) is 117 Å². The van der Waals surface area contributed by atoms with Gasteiger partial charge in [0.1, 0.15) is 23.3 Å². The number of halogens is 2. The Bertz CT molecular complexity index is 733. The molecule has 1 aromatic rings. The second kappa shape index (κ2) is 8.36. The molecule has 0 amide bonds. The quantitative estimate of drug-likeness (QED) is 0.509. The van der Waals surface area contributed by atoms with E-state index in [2.05, 4.69) is 12.7 Å². The summed E-state index contributed by atoms with van der Waals surface area (Å²) in [7, 11) is 0. The molecule has 4 atom stereocenters. The normalized spacial score (nSPS) is 35.6. The molecule has 0 spiro atoms. The Labute approximate surface area is 167 Å². The summed E-state index contributed by atoms with van der Waals surface area (Å²) in [6.45, 7) is 3.97. The fraction of sp³-hybridized carbons (Fsp3) is 0.640. The predicted molar refractivity (Wildman–Crippen MR) is 108 cm³/mol. The molecule has 150 valence electrons. The van der Waals surface area contributed by atoms with E-state index in [4.69, 9.17) is 5.26 Å². The number of nitrogens with zero attached hydrogens (tertiary/aromatic N) is 1. The molecular weight excluding hydrogens is 352 g/mol. The van der Waals surface area contributed by atoms with E-state index in [0.29, 0.717) is 5.92 Å². The van der Waals surface area contributed by atoms with Crippen molar-refractivity contribution >= 4 is 0 Å². The van der Waals surface area contributed by atoms with Crippen LogP contribution in [-0.4, -0.2) is 0 Å². The van der Waals surface area contributed by atoms with Gasteiger partial charge in [0.2, 0.25) is 0 Å². The summed E-state index contributed by atoms with van der Waals surface area (Å²) in [5.74, 6) is 2.82. The molecule has 3 aliphatic rings. The van der Waals surface area contributed by atoms with Crippen molar-refractivity contribution in [1.29, 1.82) is 5.26 Å². The van der Waals surface area contributed by atoms with E-state index in [0.717, 1.165) is 42.1 Å². The van der Waals surface area contributed by atoms with E-state index in [9.17, 15) is 8.78 Å². The van der Waals surface area contributed by atoms with Gasteiger partial charge in [-0.1, -0.05) is 6.08 Å². The van der Waals surface area contributed by atoms with E-state index >= 15 is 0 Å². The number of hydrogen-bond acceptors (Lipinski definition) is 1. The second-order valence-electron chi connectivity index (χ2n) is 9.49. The van der Waals surface area contributed by atoms with E-state index in [1.807, 2.05) is 0 Å². The van der Waals surface area contributed by atoms with Crippen LogP contribution in [-0.2, 0) is 0 Å². The summed E-state index contributed by atoms with van der Waals surface area (Å²) >= 11 is 0. The van der Waals surface area contributed by atoms with Crippen molar-refractivity contribution in [2.75, 3.05) is 0 Å². The molecule has 0 bridgehead atoms. The highest BCUT2D eigenvalue weighted by Gasteiger charge is 2.39. The van der Waals surface area contributed by atoms with Crippen molar-refractivity contribution in [2.24, 2.45) is 29.6 Å². The molecule has 0 aromatic heterocycles. The SMILES string of the molecule is C=CC1CCC(C2CC[C@@H]3C[C@H](c4cc(F)c(C#N)c(F)c4)CC[C@@H]3C2)CC1. The molecule has 0 saturated heterocycles. The number of allylic oxidation sites excluding steroid dienone is 1. The zero-order chi connectivity index (χ0) is 19.7. The van der Waals surface area contributed by atoms with Crippen LogP contribution in [0.3, 0.4) is 0 Å². The molecular formula is C25H31F2N. The third-order valence-corrected chi connectivity index (χ3v) is 8.12. The van der Waals surface area contributed by atoms with Crippen LogP contribution in [0.25, 0.3) is 0 Å². The Balaban J connectivity index is 1.37. The van der Waals surface area contributed by atoms with Gasteiger partial charge < -0.3 is 0 Å². The summed E-state index contributed by atoms with van der Waals surface area (Å²) in [6, 6.07) is 4.42. The fourth-order valence-corrected chi connectivity index (χ4v) is 6.44. The van der Waals surface area contributed by atoms with Crippen LogP contribution in [0.1, 0.15) is 81.3 Å². The Morgan fingerprint density at radius 2 is 1.36 bits per heavy atom. The van der Waals surface area contributed by atoms with Crippen molar-refractivity contribution in [2.45, 2.75) is 70.1 Å². The molecule has 4 rings (SSSR count). The van der Waals surface area contributed by atoms with Crippen molar-refractivity contribution in [3.63, 3.8) is 0 Å². The van der Waals surface area contributed by atoms with Gasteiger partial charge in [-0.15, -0.1) is 6.58 Å². The number of rotatable bonds is 3. The monoisotopic (exact) mass is 383 g/mol. The molecule has 0 heterocycles. The Hall–Kier alpha value is -1.69.